The van der Waals surface area contributed by atoms with Crippen LogP contribution < -0.4 is 5.32 Å². The predicted octanol–water partition coefficient (Wildman–Crippen LogP) is 0.975. The van der Waals surface area contributed by atoms with Crippen LogP contribution in [0.15, 0.2) is 0 Å². The minimum absolute atomic E-state index is 0.0211. The van der Waals surface area contributed by atoms with Crippen molar-refractivity contribution < 1.29 is 14.7 Å². The van der Waals surface area contributed by atoms with Crippen molar-refractivity contribution in [1.29, 1.82) is 0 Å². The first-order valence-corrected chi connectivity index (χ1v) is 6.99. The second-order valence-corrected chi connectivity index (χ2v) is 5.08. The number of carboxylic acid groups (broad SMARTS) is 1. The van der Waals surface area contributed by atoms with Crippen LogP contribution >= 0.6 is 0 Å². The highest BCUT2D eigenvalue weighted by Gasteiger charge is 2.26. The third kappa shape index (κ3) is 4.70. The molecule has 2 unspecified atom stereocenters. The van der Waals surface area contributed by atoms with Gasteiger partial charge in [0.25, 0.3) is 0 Å². The summed E-state index contributed by atoms with van der Waals surface area (Å²) in [5.74, 6) is -0.878. The summed E-state index contributed by atoms with van der Waals surface area (Å²) in [6.07, 6.45) is 0.606. The third-order valence-corrected chi connectivity index (χ3v) is 3.70. The summed E-state index contributed by atoms with van der Waals surface area (Å²) < 4.78 is 0. The molecule has 6 nitrogen and oxygen atoms in total. The van der Waals surface area contributed by atoms with Crippen LogP contribution in [0.2, 0.25) is 0 Å². The van der Waals surface area contributed by atoms with E-state index in [0.29, 0.717) is 25.6 Å². The summed E-state index contributed by atoms with van der Waals surface area (Å²) in [5, 5.41) is 11.6. The average molecular weight is 271 g/mol. The topological polar surface area (TPSA) is 72.9 Å². The van der Waals surface area contributed by atoms with Gasteiger partial charge in [-0.3, -0.25) is 9.69 Å². The molecule has 1 aliphatic heterocycles. The van der Waals surface area contributed by atoms with Gasteiger partial charge in [0, 0.05) is 31.7 Å². The molecule has 0 radical (unpaired) electrons. The summed E-state index contributed by atoms with van der Waals surface area (Å²) in [7, 11) is 0. The molecule has 0 aliphatic carbocycles. The molecule has 0 aromatic rings. The molecule has 0 saturated carbocycles. The first-order chi connectivity index (χ1) is 8.97. The molecule has 1 heterocycles. The Hall–Kier alpha value is -1.30. The number of hydrogen-bond donors (Lipinski definition) is 2. The zero-order valence-corrected chi connectivity index (χ0v) is 12.1. The van der Waals surface area contributed by atoms with Crippen LogP contribution in [0.1, 0.15) is 33.6 Å². The van der Waals surface area contributed by atoms with Crippen LogP contribution in [0, 0.1) is 0 Å². The first kappa shape index (κ1) is 15.8. The maximum absolute atomic E-state index is 12.1. The number of amides is 2. The Morgan fingerprint density at radius 2 is 2.05 bits per heavy atom. The van der Waals surface area contributed by atoms with Crippen LogP contribution in [0.5, 0.6) is 0 Å². The Morgan fingerprint density at radius 1 is 1.37 bits per heavy atom. The molecular formula is C13H25N3O3. The summed E-state index contributed by atoms with van der Waals surface area (Å²) >= 11 is 0. The van der Waals surface area contributed by atoms with Crippen molar-refractivity contribution in [3.05, 3.63) is 0 Å². The molecule has 0 bridgehead atoms. The Balaban J connectivity index is 2.47. The van der Waals surface area contributed by atoms with Gasteiger partial charge in [0.2, 0.25) is 0 Å². The quantitative estimate of drug-likeness (QED) is 0.781. The number of nitrogens with zero attached hydrogens (tertiary/aromatic N) is 2. The molecule has 1 fully saturated rings. The lowest BCUT2D eigenvalue weighted by atomic mass is 10.1. The maximum atomic E-state index is 12.1. The van der Waals surface area contributed by atoms with E-state index in [1.807, 2.05) is 6.92 Å². The van der Waals surface area contributed by atoms with Crippen molar-refractivity contribution in [2.24, 2.45) is 0 Å². The number of nitrogens with one attached hydrogen (secondary N) is 1. The van der Waals surface area contributed by atoms with E-state index in [-0.39, 0.29) is 18.5 Å². The van der Waals surface area contributed by atoms with Gasteiger partial charge in [0.15, 0.2) is 0 Å². The summed E-state index contributed by atoms with van der Waals surface area (Å²) in [6.45, 7) is 9.37. The molecule has 2 N–H and O–H groups in total. The molecule has 1 rings (SSSR count). The smallest absolute Gasteiger partial charge is 0.317 e. The number of carboxylic acids is 1. The zero-order chi connectivity index (χ0) is 14.4. The van der Waals surface area contributed by atoms with Gasteiger partial charge in [-0.2, -0.15) is 0 Å². The molecule has 1 aliphatic rings. The van der Waals surface area contributed by atoms with Crippen molar-refractivity contribution in [1.82, 2.24) is 15.1 Å². The number of likely N-dealkylation sites (N-methyl/N-ethyl adjacent to an activating group) is 1. The molecular weight excluding hydrogens is 246 g/mol. The van der Waals surface area contributed by atoms with Crippen LogP contribution in [-0.2, 0) is 4.79 Å². The highest BCUT2D eigenvalue weighted by atomic mass is 16.4. The fraction of sp³-hybridized carbons (Fsp3) is 0.846. The fourth-order valence-corrected chi connectivity index (χ4v) is 2.42. The van der Waals surface area contributed by atoms with E-state index in [1.54, 1.807) is 4.90 Å². The van der Waals surface area contributed by atoms with Gasteiger partial charge in [-0.15, -0.1) is 0 Å². The summed E-state index contributed by atoms with van der Waals surface area (Å²) in [5.41, 5.74) is 0. The minimum Gasteiger partial charge on any atom is -0.481 e. The van der Waals surface area contributed by atoms with Crippen molar-refractivity contribution in [3.8, 4) is 0 Å². The normalized spacial score (nSPS) is 22.1. The Kier molecular flexibility index (Phi) is 6.08. The van der Waals surface area contributed by atoms with E-state index in [4.69, 9.17) is 5.11 Å². The molecule has 0 aromatic heterocycles. The SMILES string of the molecule is CCC(CC(=O)O)NC(=O)N1CCN(CC)C(C)C1. The summed E-state index contributed by atoms with van der Waals surface area (Å²) in [4.78, 5) is 26.9. The lowest BCUT2D eigenvalue weighted by Gasteiger charge is -2.39. The molecule has 110 valence electrons. The number of hydrogen-bond acceptors (Lipinski definition) is 3. The third-order valence-electron chi connectivity index (χ3n) is 3.70. The maximum Gasteiger partial charge on any atom is 0.317 e. The van der Waals surface area contributed by atoms with E-state index >= 15 is 0 Å². The molecule has 2 amide bonds. The molecule has 2 atom stereocenters. The Morgan fingerprint density at radius 3 is 2.53 bits per heavy atom. The minimum atomic E-state index is -0.878. The number of urea groups is 1. The molecule has 19 heavy (non-hydrogen) atoms. The average Bonchev–Trinajstić information content (AvgIpc) is 2.37. The molecule has 0 aromatic carbocycles. The standard InChI is InChI=1S/C13H25N3O3/c1-4-11(8-12(17)18)14-13(19)16-7-6-15(5-2)10(3)9-16/h10-11H,4-9H2,1-3H3,(H,14,19)(H,17,18). The fourth-order valence-electron chi connectivity index (χ4n) is 2.42. The second-order valence-electron chi connectivity index (χ2n) is 5.08. The molecule has 0 spiro atoms. The number of carbonyl (C=O) groups excluding carboxylic acids is 1. The zero-order valence-electron chi connectivity index (χ0n) is 12.1. The highest BCUT2D eigenvalue weighted by Crippen LogP contribution is 2.09. The highest BCUT2D eigenvalue weighted by molar-refractivity contribution is 5.76. The van der Waals surface area contributed by atoms with Gasteiger partial charge in [0.05, 0.1) is 6.42 Å². The monoisotopic (exact) mass is 271 g/mol. The van der Waals surface area contributed by atoms with Crippen LogP contribution in [0.4, 0.5) is 4.79 Å². The van der Waals surface area contributed by atoms with Gasteiger partial charge in [-0.05, 0) is 19.9 Å². The van der Waals surface area contributed by atoms with Crippen LogP contribution in [0.3, 0.4) is 0 Å². The van der Waals surface area contributed by atoms with Crippen molar-refractivity contribution >= 4 is 12.0 Å². The largest absolute Gasteiger partial charge is 0.481 e. The lowest BCUT2D eigenvalue weighted by Crippen LogP contribution is -2.56. The van der Waals surface area contributed by atoms with Gasteiger partial charge in [-0.1, -0.05) is 13.8 Å². The van der Waals surface area contributed by atoms with Gasteiger partial charge >= 0.3 is 12.0 Å². The number of rotatable bonds is 5. The van der Waals surface area contributed by atoms with Gasteiger partial charge in [0.1, 0.15) is 0 Å². The first-order valence-electron chi connectivity index (χ1n) is 6.99. The van der Waals surface area contributed by atoms with Crippen molar-refractivity contribution in [2.75, 3.05) is 26.2 Å². The van der Waals surface area contributed by atoms with E-state index in [9.17, 15) is 9.59 Å². The van der Waals surface area contributed by atoms with E-state index in [1.165, 1.54) is 0 Å². The van der Waals surface area contributed by atoms with Crippen LogP contribution in [0.25, 0.3) is 0 Å². The van der Waals surface area contributed by atoms with Gasteiger partial charge in [-0.25, -0.2) is 4.79 Å². The summed E-state index contributed by atoms with van der Waals surface area (Å²) in [6, 6.07) is -0.0794. The second kappa shape index (κ2) is 7.33. The van der Waals surface area contributed by atoms with E-state index < -0.39 is 5.97 Å². The lowest BCUT2D eigenvalue weighted by molar-refractivity contribution is -0.137. The molecule has 1 saturated heterocycles. The van der Waals surface area contributed by atoms with E-state index in [2.05, 4.69) is 24.1 Å². The number of piperazine rings is 1. The van der Waals surface area contributed by atoms with Crippen molar-refractivity contribution in [2.45, 2.75) is 45.7 Å². The molecule has 6 heteroatoms. The van der Waals surface area contributed by atoms with E-state index in [0.717, 1.165) is 13.1 Å². The van der Waals surface area contributed by atoms with Gasteiger partial charge < -0.3 is 15.3 Å². The predicted molar refractivity (Wildman–Crippen MR) is 73.1 cm³/mol. The number of carbonyl (C=O) groups is 2. The number of aliphatic carboxylic acids is 1. The Labute approximate surface area is 114 Å². The van der Waals surface area contributed by atoms with Crippen LogP contribution in [-0.4, -0.2) is 65.2 Å². The Bertz CT molecular complexity index is 322. The van der Waals surface area contributed by atoms with Crippen molar-refractivity contribution in [3.63, 3.8) is 0 Å².